The second-order valence-electron chi connectivity index (χ2n) is 3.59. The van der Waals surface area contributed by atoms with Gasteiger partial charge in [0.1, 0.15) is 5.75 Å². The van der Waals surface area contributed by atoms with Gasteiger partial charge in [-0.05, 0) is 38.0 Å². The molecule has 0 spiro atoms. The van der Waals surface area contributed by atoms with E-state index in [9.17, 15) is 5.11 Å². The lowest BCUT2D eigenvalue weighted by atomic mass is 9.93. The molecule has 0 aliphatic heterocycles. The zero-order valence-electron chi connectivity index (χ0n) is 9.08. The number of hydrogen-bond donors (Lipinski definition) is 1. The molecule has 0 aromatic heterocycles. The van der Waals surface area contributed by atoms with E-state index >= 15 is 0 Å². The summed E-state index contributed by atoms with van der Waals surface area (Å²) in [4.78, 5) is 0. The van der Waals surface area contributed by atoms with Crippen LogP contribution < -0.4 is 4.74 Å². The van der Waals surface area contributed by atoms with Crippen molar-refractivity contribution in [1.82, 2.24) is 0 Å². The molecule has 1 rings (SSSR count). The minimum absolute atomic E-state index is 0.651. The molecular formula is C12H18O2. The Balaban J connectivity index is 2.93. The van der Waals surface area contributed by atoms with Crippen LogP contribution in [0, 0.1) is 0 Å². The highest BCUT2D eigenvalue weighted by Gasteiger charge is 2.20. The number of benzene rings is 1. The summed E-state index contributed by atoms with van der Waals surface area (Å²) in [6, 6.07) is 7.63. The maximum Gasteiger partial charge on any atom is 0.119 e. The minimum Gasteiger partial charge on any atom is -0.494 e. The van der Waals surface area contributed by atoms with Gasteiger partial charge >= 0.3 is 0 Å². The van der Waals surface area contributed by atoms with Gasteiger partial charge in [0.2, 0.25) is 0 Å². The summed E-state index contributed by atoms with van der Waals surface area (Å²) in [5.74, 6) is 0.818. The van der Waals surface area contributed by atoms with E-state index in [1.807, 2.05) is 45.0 Å². The van der Waals surface area contributed by atoms with Gasteiger partial charge in [0.05, 0.1) is 12.2 Å². The molecule has 1 N–H and O–H groups in total. The Morgan fingerprint density at radius 3 is 2.64 bits per heavy atom. The minimum atomic E-state index is -0.757. The van der Waals surface area contributed by atoms with Crippen molar-refractivity contribution >= 4 is 0 Å². The van der Waals surface area contributed by atoms with Crippen LogP contribution in [0.1, 0.15) is 32.8 Å². The number of aliphatic hydroxyl groups is 1. The van der Waals surface area contributed by atoms with Crippen molar-refractivity contribution in [3.63, 3.8) is 0 Å². The van der Waals surface area contributed by atoms with Crippen molar-refractivity contribution < 1.29 is 9.84 Å². The molecule has 0 aliphatic rings. The standard InChI is InChI=1S/C12H18O2/c1-4-12(3,13)10-7-6-8-11(9-10)14-5-2/h6-9,13H,4-5H2,1-3H3. The Hall–Kier alpha value is -1.02. The molecule has 1 aromatic rings. The van der Waals surface area contributed by atoms with Crippen LogP contribution >= 0.6 is 0 Å². The molecule has 2 nitrogen and oxygen atoms in total. The van der Waals surface area contributed by atoms with Crippen LogP contribution in [0.15, 0.2) is 24.3 Å². The second kappa shape index (κ2) is 4.47. The zero-order valence-corrected chi connectivity index (χ0v) is 9.08. The average Bonchev–Trinajstić information content (AvgIpc) is 2.19. The molecular weight excluding hydrogens is 176 g/mol. The van der Waals surface area contributed by atoms with Gasteiger partial charge in [0.15, 0.2) is 0 Å². The van der Waals surface area contributed by atoms with E-state index in [1.165, 1.54) is 0 Å². The lowest BCUT2D eigenvalue weighted by molar-refractivity contribution is 0.0528. The Kier molecular flexibility index (Phi) is 3.53. The third kappa shape index (κ3) is 2.48. The molecule has 1 unspecified atom stereocenters. The van der Waals surface area contributed by atoms with Crippen LogP contribution in [-0.2, 0) is 5.60 Å². The van der Waals surface area contributed by atoms with Crippen LogP contribution in [0.5, 0.6) is 5.75 Å². The molecule has 0 radical (unpaired) electrons. The predicted octanol–water partition coefficient (Wildman–Crippen LogP) is 2.70. The van der Waals surface area contributed by atoms with Crippen LogP contribution in [0.3, 0.4) is 0 Å². The average molecular weight is 194 g/mol. The fourth-order valence-electron chi connectivity index (χ4n) is 1.29. The molecule has 1 aromatic carbocycles. The molecule has 0 aliphatic carbocycles. The topological polar surface area (TPSA) is 29.5 Å². The third-order valence-corrected chi connectivity index (χ3v) is 2.46. The Labute approximate surface area is 85.5 Å². The first-order valence-electron chi connectivity index (χ1n) is 5.06. The van der Waals surface area contributed by atoms with Crippen molar-refractivity contribution in [2.45, 2.75) is 32.8 Å². The summed E-state index contributed by atoms with van der Waals surface area (Å²) >= 11 is 0. The first-order valence-corrected chi connectivity index (χ1v) is 5.06. The smallest absolute Gasteiger partial charge is 0.119 e. The van der Waals surface area contributed by atoms with E-state index in [-0.39, 0.29) is 0 Å². The summed E-state index contributed by atoms with van der Waals surface area (Å²) in [7, 11) is 0. The van der Waals surface area contributed by atoms with E-state index in [4.69, 9.17) is 4.74 Å². The highest BCUT2D eigenvalue weighted by atomic mass is 16.5. The van der Waals surface area contributed by atoms with Crippen molar-refractivity contribution in [3.05, 3.63) is 29.8 Å². The largest absolute Gasteiger partial charge is 0.494 e. The van der Waals surface area contributed by atoms with E-state index in [1.54, 1.807) is 0 Å². The number of ether oxygens (including phenoxy) is 1. The summed E-state index contributed by atoms with van der Waals surface area (Å²) in [5, 5.41) is 10.0. The Morgan fingerprint density at radius 2 is 2.07 bits per heavy atom. The quantitative estimate of drug-likeness (QED) is 0.798. The normalized spacial score (nSPS) is 14.9. The summed E-state index contributed by atoms with van der Waals surface area (Å²) in [6.07, 6.45) is 0.697. The molecule has 0 saturated heterocycles. The van der Waals surface area contributed by atoms with Gasteiger partial charge < -0.3 is 9.84 Å². The summed E-state index contributed by atoms with van der Waals surface area (Å²) in [5.41, 5.74) is 0.151. The molecule has 0 saturated carbocycles. The van der Waals surface area contributed by atoms with E-state index in [2.05, 4.69) is 0 Å². The highest BCUT2D eigenvalue weighted by Crippen LogP contribution is 2.26. The van der Waals surface area contributed by atoms with E-state index in [0.29, 0.717) is 13.0 Å². The molecule has 78 valence electrons. The number of hydrogen-bond acceptors (Lipinski definition) is 2. The predicted molar refractivity (Wildman–Crippen MR) is 57.5 cm³/mol. The second-order valence-corrected chi connectivity index (χ2v) is 3.59. The van der Waals surface area contributed by atoms with Crippen molar-refractivity contribution in [1.29, 1.82) is 0 Å². The lowest BCUT2D eigenvalue weighted by Gasteiger charge is -2.22. The molecule has 1 atom stereocenters. The molecule has 0 amide bonds. The van der Waals surface area contributed by atoms with Gasteiger partial charge in [-0.1, -0.05) is 19.1 Å². The Bertz CT molecular complexity index is 292. The number of rotatable bonds is 4. The molecule has 0 heterocycles. The van der Waals surface area contributed by atoms with E-state index < -0.39 is 5.60 Å². The first kappa shape index (κ1) is 11.1. The molecule has 2 heteroatoms. The molecule has 0 bridgehead atoms. The fourth-order valence-corrected chi connectivity index (χ4v) is 1.29. The zero-order chi connectivity index (χ0) is 10.6. The van der Waals surface area contributed by atoms with E-state index in [0.717, 1.165) is 11.3 Å². The summed E-state index contributed by atoms with van der Waals surface area (Å²) < 4.78 is 5.38. The van der Waals surface area contributed by atoms with Crippen LogP contribution in [-0.4, -0.2) is 11.7 Å². The van der Waals surface area contributed by atoms with Crippen molar-refractivity contribution in [2.75, 3.05) is 6.61 Å². The maximum atomic E-state index is 10.0. The maximum absolute atomic E-state index is 10.0. The molecule has 14 heavy (non-hydrogen) atoms. The van der Waals surface area contributed by atoms with Gasteiger partial charge in [-0.15, -0.1) is 0 Å². The van der Waals surface area contributed by atoms with Crippen molar-refractivity contribution in [2.24, 2.45) is 0 Å². The van der Waals surface area contributed by atoms with Crippen LogP contribution in [0.2, 0.25) is 0 Å². The highest BCUT2D eigenvalue weighted by molar-refractivity contribution is 5.31. The van der Waals surface area contributed by atoms with Crippen LogP contribution in [0.25, 0.3) is 0 Å². The van der Waals surface area contributed by atoms with Crippen molar-refractivity contribution in [3.8, 4) is 5.75 Å². The first-order chi connectivity index (χ1) is 6.60. The van der Waals surface area contributed by atoms with Gasteiger partial charge in [-0.2, -0.15) is 0 Å². The SMILES string of the molecule is CCOc1cccc(C(C)(O)CC)c1. The van der Waals surface area contributed by atoms with Crippen LogP contribution in [0.4, 0.5) is 0 Å². The lowest BCUT2D eigenvalue weighted by Crippen LogP contribution is -2.19. The van der Waals surface area contributed by atoms with Gasteiger partial charge in [-0.3, -0.25) is 0 Å². The van der Waals surface area contributed by atoms with Gasteiger partial charge in [0.25, 0.3) is 0 Å². The molecule has 0 fully saturated rings. The fraction of sp³-hybridized carbons (Fsp3) is 0.500. The summed E-state index contributed by atoms with van der Waals surface area (Å²) in [6.45, 7) is 6.38. The van der Waals surface area contributed by atoms with Gasteiger partial charge in [-0.25, -0.2) is 0 Å². The van der Waals surface area contributed by atoms with Gasteiger partial charge in [0, 0.05) is 0 Å². The Morgan fingerprint density at radius 1 is 1.36 bits per heavy atom. The monoisotopic (exact) mass is 194 g/mol. The third-order valence-electron chi connectivity index (χ3n) is 2.46.